The van der Waals surface area contributed by atoms with Gasteiger partial charge in [-0.1, -0.05) is 80.5 Å². The molecule has 1 aromatic heterocycles. The number of tetrazole rings is 1. The summed E-state index contributed by atoms with van der Waals surface area (Å²) in [7, 11) is 0. The second kappa shape index (κ2) is 15.1. The Balaban J connectivity index is 1.80. The topological polar surface area (TPSA) is 171 Å². The van der Waals surface area contributed by atoms with E-state index < -0.39 is 23.3 Å². The summed E-state index contributed by atoms with van der Waals surface area (Å²) >= 11 is 0. The van der Waals surface area contributed by atoms with Crippen LogP contribution >= 0.6 is 0 Å². The lowest BCUT2D eigenvalue weighted by Gasteiger charge is -2.32. The highest BCUT2D eigenvalue weighted by Crippen LogP contribution is 2.30. The van der Waals surface area contributed by atoms with Crippen molar-refractivity contribution in [1.29, 1.82) is 0 Å². The number of amides is 1. The Kier molecular flexibility index (Phi) is 11.6. The van der Waals surface area contributed by atoms with Crippen LogP contribution in [0.1, 0.15) is 63.2 Å². The fourth-order valence-corrected chi connectivity index (χ4v) is 4.41. The summed E-state index contributed by atoms with van der Waals surface area (Å²) in [6.07, 6.45) is 2.05. The van der Waals surface area contributed by atoms with E-state index in [0.29, 0.717) is 18.4 Å². The molecule has 0 unspecified atom stereocenters. The number of carboxylic acids is 1. The minimum Gasteiger partial charge on any atom is -0.480 e. The van der Waals surface area contributed by atoms with Gasteiger partial charge in [0.05, 0.1) is 12.0 Å². The predicted molar refractivity (Wildman–Crippen MR) is 146 cm³/mol. The van der Waals surface area contributed by atoms with Crippen LogP contribution in [0.4, 0.5) is 0 Å². The van der Waals surface area contributed by atoms with E-state index in [1.54, 1.807) is 13.8 Å². The molecular weight excluding hydrogens is 532 g/mol. The minimum absolute atomic E-state index is 0.00422. The highest BCUT2D eigenvalue weighted by Gasteiger charge is 2.32. The molecule has 1 heterocycles. The molecule has 1 amide bonds. The van der Waals surface area contributed by atoms with Gasteiger partial charge in [0.1, 0.15) is 6.04 Å². The maximum atomic E-state index is 13.0. The van der Waals surface area contributed by atoms with Gasteiger partial charge in [-0.2, -0.15) is 0 Å². The van der Waals surface area contributed by atoms with Crippen molar-refractivity contribution >= 4 is 17.8 Å². The zero-order valence-electron chi connectivity index (χ0n) is 23.4. The molecule has 0 fully saturated rings. The average Bonchev–Trinajstić information content (AvgIpc) is 3.44. The largest absolute Gasteiger partial charge is 0.480 e. The van der Waals surface area contributed by atoms with Crippen molar-refractivity contribution in [3.63, 3.8) is 0 Å². The number of aromatic nitrogens is 4. The molecule has 0 saturated heterocycles. The molecule has 0 bridgehead atoms. The van der Waals surface area contributed by atoms with Crippen LogP contribution in [0, 0.1) is 5.92 Å². The van der Waals surface area contributed by atoms with Crippen molar-refractivity contribution in [2.45, 2.75) is 65.5 Å². The number of carbonyl (C=O) groups is 3. The van der Waals surface area contributed by atoms with E-state index in [2.05, 4.69) is 20.2 Å². The van der Waals surface area contributed by atoms with Crippen molar-refractivity contribution in [2.24, 2.45) is 5.92 Å². The number of nitrogens with zero attached hydrogens (tertiary/aromatic N) is 6. The van der Waals surface area contributed by atoms with Crippen molar-refractivity contribution in [3.8, 4) is 22.5 Å². The molecule has 0 aliphatic carbocycles. The Hall–Kier alpha value is -4.04. The third-order valence-corrected chi connectivity index (χ3v) is 6.45. The summed E-state index contributed by atoms with van der Waals surface area (Å²) in [6.45, 7) is 5.68. The third-order valence-electron chi connectivity index (χ3n) is 6.45. The van der Waals surface area contributed by atoms with Crippen molar-refractivity contribution in [2.75, 3.05) is 6.61 Å². The molecule has 0 aliphatic rings. The molecule has 3 aromatic rings. The van der Waals surface area contributed by atoms with Gasteiger partial charge < -0.3 is 10.0 Å². The fourth-order valence-electron chi connectivity index (χ4n) is 4.41. The molecular formula is C28H36N6O7. The first-order valence-corrected chi connectivity index (χ1v) is 13.5. The van der Waals surface area contributed by atoms with Crippen LogP contribution in [0.25, 0.3) is 22.5 Å². The Morgan fingerprint density at radius 3 is 2.27 bits per heavy atom. The van der Waals surface area contributed by atoms with Crippen LogP contribution in [0.2, 0.25) is 0 Å². The molecule has 3 N–H and O–H groups in total. The van der Waals surface area contributed by atoms with Crippen molar-refractivity contribution in [1.82, 2.24) is 30.5 Å². The van der Waals surface area contributed by atoms with Crippen LogP contribution in [-0.4, -0.2) is 76.5 Å². The Morgan fingerprint density at radius 1 is 0.976 bits per heavy atom. The number of rotatable bonds is 15. The minimum atomic E-state index is -1.02. The average molecular weight is 569 g/mol. The number of carbonyl (C=O) groups excluding carboxylic acids is 2. The summed E-state index contributed by atoms with van der Waals surface area (Å²) in [5.74, 6) is -1.64. The van der Waals surface area contributed by atoms with Gasteiger partial charge in [-0.05, 0) is 40.7 Å². The van der Waals surface area contributed by atoms with Gasteiger partial charge >= 0.3 is 5.97 Å². The van der Waals surface area contributed by atoms with E-state index in [1.165, 1.54) is 4.90 Å². The number of unbranched alkanes of at least 4 members (excludes halogenated alkanes) is 1. The zero-order valence-corrected chi connectivity index (χ0v) is 23.4. The third kappa shape index (κ3) is 8.72. The number of benzene rings is 2. The van der Waals surface area contributed by atoms with E-state index in [-0.39, 0.29) is 43.6 Å². The normalized spacial score (nSPS) is 12.1. The molecule has 1 atom stereocenters. The first kappa shape index (κ1) is 31.5. The Morgan fingerprint density at radius 2 is 1.66 bits per heavy atom. The lowest BCUT2D eigenvalue weighted by Crippen LogP contribution is -2.47. The van der Waals surface area contributed by atoms with Crippen LogP contribution in [0.5, 0.6) is 0 Å². The Bertz CT molecular complexity index is 1310. The van der Waals surface area contributed by atoms with E-state index in [0.717, 1.165) is 27.9 Å². The SMILES string of the molecule is CCCCC(=O)N(Cc1ccc(-c2ccccc2-c2nnn(C(=O)CCCON(O)O)n2)cc1)[C@H](C(=O)O)C(C)C. The molecule has 0 aliphatic heterocycles. The number of hydrogen-bond acceptors (Lipinski definition) is 10. The first-order chi connectivity index (χ1) is 19.6. The van der Waals surface area contributed by atoms with Crippen LogP contribution in [-0.2, 0) is 21.0 Å². The molecule has 13 heteroatoms. The van der Waals surface area contributed by atoms with Crippen LogP contribution in [0.3, 0.4) is 0 Å². The summed E-state index contributed by atoms with van der Waals surface area (Å²) < 4.78 is 0. The molecule has 220 valence electrons. The Labute approximate surface area is 237 Å². The van der Waals surface area contributed by atoms with Crippen LogP contribution < -0.4 is 0 Å². The highest BCUT2D eigenvalue weighted by molar-refractivity contribution is 5.84. The quantitative estimate of drug-likeness (QED) is 0.178. The summed E-state index contributed by atoms with van der Waals surface area (Å²) in [5, 5.41) is 38.7. The monoisotopic (exact) mass is 568 g/mol. The summed E-state index contributed by atoms with van der Waals surface area (Å²) in [6, 6.07) is 14.0. The predicted octanol–water partition coefficient (Wildman–Crippen LogP) is 4.07. The van der Waals surface area contributed by atoms with E-state index >= 15 is 0 Å². The molecule has 3 rings (SSSR count). The van der Waals surface area contributed by atoms with E-state index in [1.807, 2.05) is 55.5 Å². The summed E-state index contributed by atoms with van der Waals surface area (Å²) in [4.78, 5) is 44.2. The maximum Gasteiger partial charge on any atom is 0.326 e. The van der Waals surface area contributed by atoms with Gasteiger partial charge in [0, 0.05) is 24.9 Å². The van der Waals surface area contributed by atoms with Crippen molar-refractivity contribution < 1.29 is 34.7 Å². The number of hydrogen-bond donors (Lipinski definition) is 3. The van der Waals surface area contributed by atoms with Gasteiger partial charge in [0.25, 0.3) is 5.91 Å². The van der Waals surface area contributed by atoms with Gasteiger partial charge in [0.15, 0.2) is 0 Å². The first-order valence-electron chi connectivity index (χ1n) is 13.5. The molecule has 0 radical (unpaired) electrons. The van der Waals surface area contributed by atoms with Crippen LogP contribution in [0.15, 0.2) is 48.5 Å². The van der Waals surface area contributed by atoms with E-state index in [4.69, 9.17) is 10.4 Å². The van der Waals surface area contributed by atoms with Gasteiger partial charge in [0.2, 0.25) is 11.7 Å². The lowest BCUT2D eigenvalue weighted by atomic mass is 9.97. The zero-order chi connectivity index (χ0) is 29.9. The lowest BCUT2D eigenvalue weighted by molar-refractivity contribution is -0.492. The number of aliphatic carboxylic acids is 1. The maximum absolute atomic E-state index is 13.0. The second-order valence-electron chi connectivity index (χ2n) is 9.88. The number of carboxylic acid groups (broad SMARTS) is 1. The molecule has 41 heavy (non-hydrogen) atoms. The van der Waals surface area contributed by atoms with Gasteiger partial charge in [-0.3, -0.25) is 24.8 Å². The van der Waals surface area contributed by atoms with E-state index in [9.17, 15) is 19.5 Å². The standard InChI is InChI=1S/C28H36N6O7/c1-4-5-11-24(35)32(26(19(2)3)28(37)38)18-20-13-15-21(16-14-20)22-9-6-7-10-23(22)27-29-31-33(30-27)25(36)12-8-17-41-34(39)40/h6-7,9-10,13-16,19,26,39-40H,4-5,8,11-12,17-18H2,1-3H3,(H,37,38)/t26-/m0/s1. The highest BCUT2D eigenvalue weighted by atomic mass is 17.1. The van der Waals surface area contributed by atoms with Gasteiger partial charge in [-0.25, -0.2) is 4.79 Å². The fraction of sp³-hybridized carbons (Fsp3) is 0.429. The smallest absolute Gasteiger partial charge is 0.326 e. The summed E-state index contributed by atoms with van der Waals surface area (Å²) in [5.41, 5.74) is 3.09. The molecule has 13 nitrogen and oxygen atoms in total. The molecule has 2 aromatic carbocycles. The van der Waals surface area contributed by atoms with Crippen molar-refractivity contribution in [3.05, 3.63) is 54.1 Å². The molecule has 0 spiro atoms. The molecule has 0 saturated carbocycles. The second-order valence-corrected chi connectivity index (χ2v) is 9.88. The van der Waals surface area contributed by atoms with Gasteiger partial charge in [-0.15, -0.1) is 10.2 Å².